The summed E-state index contributed by atoms with van der Waals surface area (Å²) in [7, 11) is 0. The second kappa shape index (κ2) is 8.74. The van der Waals surface area contributed by atoms with E-state index in [4.69, 9.17) is 11.6 Å². The van der Waals surface area contributed by atoms with E-state index in [0.717, 1.165) is 12.8 Å². The highest BCUT2D eigenvalue weighted by molar-refractivity contribution is 6.41. The van der Waals surface area contributed by atoms with Crippen molar-refractivity contribution in [1.82, 2.24) is 0 Å². The number of fused-ring (bicyclic) bond motifs is 1. The zero-order valence-corrected chi connectivity index (χ0v) is 14.6. The molecule has 2 rings (SSSR count). The molecule has 0 aliphatic heterocycles. The summed E-state index contributed by atoms with van der Waals surface area (Å²) < 4.78 is 0. The van der Waals surface area contributed by atoms with Gasteiger partial charge in [-0.3, -0.25) is 9.59 Å². The number of carbonyl (C=O) groups is 2. The summed E-state index contributed by atoms with van der Waals surface area (Å²) in [6.45, 7) is 7.39. The average Bonchev–Trinajstić information content (AvgIpc) is 2.63. The summed E-state index contributed by atoms with van der Waals surface area (Å²) in [4.78, 5) is 28.6. The molecule has 0 spiro atoms. The van der Waals surface area contributed by atoms with Crippen LogP contribution in [-0.2, 0) is 22.4 Å². The van der Waals surface area contributed by atoms with Crippen molar-refractivity contribution in [2.45, 2.75) is 44.9 Å². The molecule has 0 heterocycles. The third-order valence-electron chi connectivity index (χ3n) is 4.16. The minimum absolute atomic E-state index is 0.0428. The van der Waals surface area contributed by atoms with Crippen LogP contribution in [0, 0.1) is 0 Å². The number of benzene rings is 1. The fourth-order valence-electron chi connectivity index (χ4n) is 2.75. The number of rotatable bonds is 4. The molecule has 0 N–H and O–H groups in total. The van der Waals surface area contributed by atoms with E-state index in [2.05, 4.69) is 18.2 Å². The summed E-state index contributed by atoms with van der Waals surface area (Å²) in [5.41, 5.74) is 3.13. The molecule has 3 nitrogen and oxygen atoms in total. The molecule has 1 aliphatic rings. The van der Waals surface area contributed by atoms with Gasteiger partial charge in [0.15, 0.2) is 5.78 Å². The van der Waals surface area contributed by atoms with Gasteiger partial charge in [-0.2, -0.15) is 0 Å². The molecule has 126 valence electrons. The number of allylic oxidation sites excluding steroid dienone is 1. The van der Waals surface area contributed by atoms with Gasteiger partial charge in [0.2, 0.25) is 0 Å². The third-order valence-corrected chi connectivity index (χ3v) is 4.40. The zero-order chi connectivity index (χ0) is 17.5. The summed E-state index contributed by atoms with van der Waals surface area (Å²) in [6, 6.07) is 5.82. The molecule has 0 radical (unpaired) electrons. The molecule has 1 aliphatic carbocycles. The number of carbonyl (C=O) groups excluding carboxylic acids is 2. The van der Waals surface area contributed by atoms with Crippen molar-refractivity contribution in [2.75, 3.05) is 0 Å². The molecule has 0 aromatic heterocycles. The monoisotopic (exact) mass is 343 g/mol. The van der Waals surface area contributed by atoms with Gasteiger partial charge in [-0.25, -0.2) is 4.99 Å². The van der Waals surface area contributed by atoms with E-state index in [1.807, 2.05) is 18.2 Å². The Labute approximate surface area is 148 Å². The maximum Gasteiger partial charge on any atom is 0.272 e. The largest absolute Gasteiger partial charge is 0.293 e. The first-order valence-electron chi connectivity index (χ1n) is 8.22. The van der Waals surface area contributed by atoms with Crippen molar-refractivity contribution in [3.05, 3.63) is 59.2 Å². The van der Waals surface area contributed by atoms with Crippen LogP contribution in [-0.4, -0.2) is 17.4 Å². The van der Waals surface area contributed by atoms with Gasteiger partial charge in [0.25, 0.3) is 5.91 Å². The average molecular weight is 344 g/mol. The summed E-state index contributed by atoms with van der Waals surface area (Å²) in [6.07, 6.45) is 6.03. The Balaban J connectivity index is 2.17. The minimum Gasteiger partial charge on any atom is -0.293 e. The van der Waals surface area contributed by atoms with Crippen LogP contribution >= 0.6 is 11.6 Å². The second-order valence-corrected chi connectivity index (χ2v) is 6.42. The van der Waals surface area contributed by atoms with E-state index in [0.29, 0.717) is 48.4 Å². The van der Waals surface area contributed by atoms with Crippen LogP contribution in [0.15, 0.2) is 48.0 Å². The molecule has 0 fully saturated rings. The third kappa shape index (κ3) is 5.00. The maximum atomic E-state index is 12.4. The predicted octanol–water partition coefficient (Wildman–Crippen LogP) is 4.67. The van der Waals surface area contributed by atoms with Gasteiger partial charge in [-0.05, 0) is 61.8 Å². The lowest BCUT2D eigenvalue weighted by Gasteiger charge is -2.08. The van der Waals surface area contributed by atoms with Crippen LogP contribution in [0.25, 0.3) is 0 Å². The van der Waals surface area contributed by atoms with Crippen molar-refractivity contribution in [3.63, 3.8) is 0 Å². The minimum atomic E-state index is -0.393. The van der Waals surface area contributed by atoms with E-state index < -0.39 is 5.91 Å². The van der Waals surface area contributed by atoms with Gasteiger partial charge >= 0.3 is 0 Å². The highest BCUT2D eigenvalue weighted by atomic mass is 35.5. The van der Waals surface area contributed by atoms with Crippen LogP contribution in [0.5, 0.6) is 0 Å². The Bertz CT molecular complexity index is 704. The first kappa shape index (κ1) is 18.3. The van der Waals surface area contributed by atoms with Crippen molar-refractivity contribution >= 4 is 29.0 Å². The smallest absolute Gasteiger partial charge is 0.272 e. The molecule has 1 amide bonds. The number of Topliss-reactive ketones (excluding diaryl/α,β-unsaturated/α-hetero) is 1. The van der Waals surface area contributed by atoms with E-state index in [1.54, 1.807) is 6.08 Å². The molecule has 0 saturated heterocycles. The molecule has 0 atom stereocenters. The molecule has 0 bridgehead atoms. The number of aliphatic imine (C=N–C) groups is 1. The first-order chi connectivity index (χ1) is 11.5. The molecule has 1 aromatic rings. The number of hydrogen-bond acceptors (Lipinski definition) is 2. The number of ketones is 1. The number of aryl methyl sites for hydroxylation is 2. The Morgan fingerprint density at radius 2 is 2.00 bits per heavy atom. The topological polar surface area (TPSA) is 46.5 Å². The lowest BCUT2D eigenvalue weighted by Crippen LogP contribution is -2.17. The van der Waals surface area contributed by atoms with Gasteiger partial charge in [0.05, 0.1) is 5.71 Å². The van der Waals surface area contributed by atoms with Crippen molar-refractivity contribution in [3.8, 4) is 0 Å². The van der Waals surface area contributed by atoms with Crippen LogP contribution < -0.4 is 0 Å². The van der Waals surface area contributed by atoms with E-state index in [-0.39, 0.29) is 5.78 Å². The van der Waals surface area contributed by atoms with Gasteiger partial charge in [0, 0.05) is 17.0 Å². The van der Waals surface area contributed by atoms with Crippen LogP contribution in [0.3, 0.4) is 0 Å². The van der Waals surface area contributed by atoms with Crippen molar-refractivity contribution < 1.29 is 9.59 Å². The standard InChI is InChI=1S/C20H22ClNO2/c1-3-4-6-14(2)20(24)22-18-12-10-15-9-11-17(21)13-16(15)7-5-8-19(18)23/h3,9,11,13H,1-2,4-8,10,12H2. The summed E-state index contributed by atoms with van der Waals surface area (Å²) in [5, 5.41) is 0.710. The Kier molecular flexibility index (Phi) is 6.68. The fourth-order valence-corrected chi connectivity index (χ4v) is 2.95. The summed E-state index contributed by atoms with van der Waals surface area (Å²) >= 11 is 6.06. The molecule has 4 heteroatoms. The summed E-state index contributed by atoms with van der Waals surface area (Å²) in [5.74, 6) is -0.436. The molecule has 0 unspecified atom stereocenters. The van der Waals surface area contributed by atoms with Gasteiger partial charge < -0.3 is 0 Å². The Hall–Kier alpha value is -2.00. The highest BCUT2D eigenvalue weighted by Crippen LogP contribution is 2.22. The SMILES string of the molecule is C=CCCC(=C)C(=O)N=C1CCc2ccc(Cl)cc2CCCC1=O. The second-order valence-electron chi connectivity index (χ2n) is 5.98. The quantitative estimate of drug-likeness (QED) is 0.589. The fraction of sp³-hybridized carbons (Fsp3) is 0.350. The van der Waals surface area contributed by atoms with Gasteiger partial charge in [-0.15, -0.1) is 6.58 Å². The number of amides is 1. The number of nitrogens with zero attached hydrogens (tertiary/aromatic N) is 1. The van der Waals surface area contributed by atoms with Gasteiger partial charge in [-0.1, -0.05) is 30.3 Å². The van der Waals surface area contributed by atoms with Gasteiger partial charge in [0.1, 0.15) is 0 Å². The molecule has 1 aromatic carbocycles. The molecule has 0 saturated carbocycles. The highest BCUT2D eigenvalue weighted by Gasteiger charge is 2.18. The molecular weight excluding hydrogens is 322 g/mol. The number of hydrogen-bond donors (Lipinski definition) is 0. The molecule has 24 heavy (non-hydrogen) atoms. The maximum absolute atomic E-state index is 12.4. The van der Waals surface area contributed by atoms with Crippen molar-refractivity contribution in [1.29, 1.82) is 0 Å². The lowest BCUT2D eigenvalue weighted by atomic mass is 9.99. The molecular formula is C20H22ClNO2. The van der Waals surface area contributed by atoms with Crippen LogP contribution in [0.2, 0.25) is 5.02 Å². The first-order valence-corrected chi connectivity index (χ1v) is 8.60. The lowest BCUT2D eigenvalue weighted by molar-refractivity contribution is -0.116. The van der Waals surface area contributed by atoms with Crippen molar-refractivity contribution in [2.24, 2.45) is 4.99 Å². The Morgan fingerprint density at radius 3 is 2.75 bits per heavy atom. The number of halogens is 1. The Morgan fingerprint density at radius 1 is 1.21 bits per heavy atom. The van der Waals surface area contributed by atoms with Crippen LogP contribution in [0.4, 0.5) is 0 Å². The van der Waals surface area contributed by atoms with E-state index >= 15 is 0 Å². The zero-order valence-electron chi connectivity index (χ0n) is 13.8. The van der Waals surface area contributed by atoms with Crippen LogP contribution in [0.1, 0.15) is 43.2 Å². The van der Waals surface area contributed by atoms with E-state index in [9.17, 15) is 9.59 Å². The van der Waals surface area contributed by atoms with E-state index in [1.165, 1.54) is 11.1 Å². The normalized spacial score (nSPS) is 16.7. The predicted molar refractivity (Wildman–Crippen MR) is 98.7 cm³/mol.